The minimum Gasteiger partial charge on any atom is -0.335 e. The number of thiazole rings is 1. The molecule has 0 aromatic carbocycles. The first-order valence-electron chi connectivity index (χ1n) is 8.45. The second kappa shape index (κ2) is 6.80. The molecule has 0 N–H and O–H groups in total. The van der Waals surface area contributed by atoms with Gasteiger partial charge in [0.25, 0.3) is 5.91 Å². The van der Waals surface area contributed by atoms with Crippen molar-refractivity contribution in [1.29, 1.82) is 0 Å². The molecular weight excluding hydrogens is 358 g/mol. The molecule has 0 saturated carbocycles. The van der Waals surface area contributed by atoms with Crippen molar-refractivity contribution >= 4 is 34.7 Å². The average Bonchev–Trinajstić information content (AvgIpc) is 3.23. The number of hydrogen-bond acceptors (Lipinski definition) is 7. The zero-order chi connectivity index (χ0) is 17.4. The van der Waals surface area contributed by atoms with E-state index in [1.807, 2.05) is 22.1 Å². The molecule has 2 amide bonds. The number of carbonyl (C=O) groups excluding carboxylic acids is 2. The third kappa shape index (κ3) is 3.06. The van der Waals surface area contributed by atoms with Crippen molar-refractivity contribution < 1.29 is 9.59 Å². The number of piperidine rings is 1. The summed E-state index contributed by atoms with van der Waals surface area (Å²) < 4.78 is 3.93. The Morgan fingerprint density at radius 3 is 3.00 bits per heavy atom. The first kappa shape index (κ1) is 16.6. The molecule has 25 heavy (non-hydrogen) atoms. The monoisotopic (exact) mass is 377 g/mol. The van der Waals surface area contributed by atoms with Crippen LogP contribution in [0.2, 0.25) is 0 Å². The van der Waals surface area contributed by atoms with Crippen molar-refractivity contribution in [2.45, 2.75) is 38.8 Å². The molecule has 2 atom stereocenters. The van der Waals surface area contributed by atoms with Gasteiger partial charge in [-0.2, -0.15) is 0 Å². The van der Waals surface area contributed by atoms with Crippen molar-refractivity contribution in [1.82, 2.24) is 24.4 Å². The minimum atomic E-state index is -0.118. The molecule has 9 heteroatoms. The molecular formula is C16H19N5O2S2. The molecule has 5 rings (SSSR count). The maximum Gasteiger partial charge on any atom is 0.267 e. The topological polar surface area (TPSA) is 79.3 Å². The van der Waals surface area contributed by atoms with Gasteiger partial charge < -0.3 is 9.80 Å². The molecule has 0 radical (unpaired) electrons. The summed E-state index contributed by atoms with van der Waals surface area (Å²) in [7, 11) is 0. The quantitative estimate of drug-likeness (QED) is 0.812. The van der Waals surface area contributed by atoms with E-state index in [4.69, 9.17) is 0 Å². The number of amides is 2. The van der Waals surface area contributed by atoms with E-state index in [1.165, 1.54) is 11.3 Å². The Kier molecular flexibility index (Phi) is 4.51. The van der Waals surface area contributed by atoms with Crippen molar-refractivity contribution in [3.8, 4) is 0 Å². The van der Waals surface area contributed by atoms with Crippen LogP contribution in [0, 0.1) is 5.92 Å². The summed E-state index contributed by atoms with van der Waals surface area (Å²) in [6.07, 6.45) is 2.47. The van der Waals surface area contributed by atoms with E-state index < -0.39 is 0 Å². The predicted octanol–water partition coefficient (Wildman–Crippen LogP) is 1.82. The Labute approximate surface area is 153 Å². The standard InChI is InChI=1S/C16H19N5O2S2/c1-2-13-14(25-19-18-13)16(23)20-5-10-3-4-12(7-20)21(15(10)22)6-11-8-24-9-17-11/h8-10,12H,2-7H2,1H3/t10-,12+/m1/s1. The molecule has 3 aliphatic heterocycles. The molecule has 2 aromatic rings. The van der Waals surface area contributed by atoms with Crippen molar-refractivity contribution in [2.24, 2.45) is 5.92 Å². The summed E-state index contributed by atoms with van der Waals surface area (Å²) in [6.45, 7) is 3.57. The van der Waals surface area contributed by atoms with Gasteiger partial charge in [0.1, 0.15) is 4.88 Å². The van der Waals surface area contributed by atoms with E-state index in [-0.39, 0.29) is 23.8 Å². The van der Waals surface area contributed by atoms with Crippen molar-refractivity contribution in [2.75, 3.05) is 13.1 Å². The molecule has 2 aromatic heterocycles. The largest absolute Gasteiger partial charge is 0.335 e. The van der Waals surface area contributed by atoms with Crippen molar-refractivity contribution in [3.63, 3.8) is 0 Å². The SMILES string of the molecule is CCc1nnsc1C(=O)N1C[C@H]2CC[C@@H](C1)N(Cc1cscn1)C2=O. The summed E-state index contributed by atoms with van der Waals surface area (Å²) in [6, 6.07) is 0.0582. The van der Waals surface area contributed by atoms with Crippen LogP contribution in [0.25, 0.3) is 0 Å². The highest BCUT2D eigenvalue weighted by Crippen LogP contribution is 2.31. The molecule has 3 saturated heterocycles. The number of fused-ring (bicyclic) bond motifs is 4. The molecule has 2 bridgehead atoms. The van der Waals surface area contributed by atoms with Crippen LogP contribution >= 0.6 is 22.9 Å². The van der Waals surface area contributed by atoms with Gasteiger partial charge in [0.05, 0.1) is 29.4 Å². The van der Waals surface area contributed by atoms with E-state index in [0.717, 1.165) is 35.8 Å². The minimum absolute atomic E-state index is 0.0351. The average molecular weight is 377 g/mol. The maximum atomic E-state index is 13.0. The Bertz CT molecular complexity index is 775. The number of aryl methyl sites for hydroxylation is 1. The predicted molar refractivity (Wildman–Crippen MR) is 94.4 cm³/mol. The van der Waals surface area contributed by atoms with Crippen LogP contribution in [0.5, 0.6) is 0 Å². The second-order valence-electron chi connectivity index (χ2n) is 6.49. The fraction of sp³-hybridized carbons (Fsp3) is 0.562. The zero-order valence-electron chi connectivity index (χ0n) is 13.9. The summed E-state index contributed by atoms with van der Waals surface area (Å²) in [5.41, 5.74) is 3.45. The summed E-state index contributed by atoms with van der Waals surface area (Å²) in [5, 5.41) is 6.02. The lowest BCUT2D eigenvalue weighted by Crippen LogP contribution is -2.47. The lowest BCUT2D eigenvalue weighted by atomic mass is 9.94. The van der Waals surface area contributed by atoms with Crippen LogP contribution in [0.3, 0.4) is 0 Å². The summed E-state index contributed by atoms with van der Waals surface area (Å²) >= 11 is 2.69. The first-order chi connectivity index (χ1) is 12.2. The smallest absolute Gasteiger partial charge is 0.267 e. The molecule has 0 aliphatic carbocycles. The van der Waals surface area contributed by atoms with Crippen LogP contribution in [0.15, 0.2) is 10.9 Å². The summed E-state index contributed by atoms with van der Waals surface area (Å²) in [4.78, 5) is 34.5. The third-order valence-corrected chi connectivity index (χ3v) is 6.37. The van der Waals surface area contributed by atoms with Gasteiger partial charge in [0.15, 0.2) is 0 Å². The zero-order valence-corrected chi connectivity index (χ0v) is 15.6. The number of aromatic nitrogens is 3. The van der Waals surface area contributed by atoms with E-state index in [1.54, 1.807) is 5.51 Å². The van der Waals surface area contributed by atoms with Gasteiger partial charge in [-0.25, -0.2) is 4.98 Å². The fourth-order valence-corrected chi connectivity index (χ4v) is 4.92. The van der Waals surface area contributed by atoms with Crippen LogP contribution < -0.4 is 0 Å². The number of carbonyl (C=O) groups is 2. The first-order valence-corrected chi connectivity index (χ1v) is 10.2. The van der Waals surface area contributed by atoms with Gasteiger partial charge in [-0.3, -0.25) is 9.59 Å². The molecule has 0 unspecified atom stereocenters. The third-order valence-electron chi connectivity index (χ3n) is 4.98. The summed E-state index contributed by atoms with van der Waals surface area (Å²) in [5.74, 6) is -0.00274. The van der Waals surface area contributed by atoms with Gasteiger partial charge in [0, 0.05) is 24.5 Å². The lowest BCUT2D eigenvalue weighted by Gasteiger charge is -2.35. The van der Waals surface area contributed by atoms with Crippen LogP contribution in [0.4, 0.5) is 0 Å². The molecule has 3 aliphatic rings. The van der Waals surface area contributed by atoms with Gasteiger partial charge in [-0.15, -0.1) is 16.4 Å². The fourth-order valence-electron chi connectivity index (χ4n) is 3.65. The van der Waals surface area contributed by atoms with Gasteiger partial charge >= 0.3 is 0 Å². The lowest BCUT2D eigenvalue weighted by molar-refractivity contribution is -0.140. The van der Waals surface area contributed by atoms with E-state index >= 15 is 0 Å². The molecule has 0 spiro atoms. The van der Waals surface area contributed by atoms with Crippen LogP contribution in [0.1, 0.15) is 40.8 Å². The Balaban J connectivity index is 1.56. The van der Waals surface area contributed by atoms with E-state index in [2.05, 4.69) is 14.6 Å². The van der Waals surface area contributed by atoms with Gasteiger partial charge in [-0.05, 0) is 30.8 Å². The van der Waals surface area contributed by atoms with Crippen LogP contribution in [-0.2, 0) is 17.8 Å². The number of rotatable bonds is 4. The van der Waals surface area contributed by atoms with Gasteiger partial charge in [0.2, 0.25) is 5.91 Å². The highest BCUT2D eigenvalue weighted by Gasteiger charge is 2.42. The molecule has 3 fully saturated rings. The number of hydrogen-bond donors (Lipinski definition) is 0. The maximum absolute atomic E-state index is 13.0. The Morgan fingerprint density at radius 1 is 1.36 bits per heavy atom. The second-order valence-corrected chi connectivity index (χ2v) is 7.96. The van der Waals surface area contributed by atoms with Crippen molar-refractivity contribution in [3.05, 3.63) is 27.2 Å². The van der Waals surface area contributed by atoms with E-state index in [0.29, 0.717) is 30.9 Å². The number of nitrogens with zero attached hydrogens (tertiary/aromatic N) is 5. The molecule has 7 nitrogen and oxygen atoms in total. The van der Waals surface area contributed by atoms with Gasteiger partial charge in [-0.1, -0.05) is 11.4 Å². The van der Waals surface area contributed by atoms with Crippen LogP contribution in [-0.4, -0.2) is 55.3 Å². The normalized spacial score (nSPS) is 23.2. The molecule has 5 heterocycles. The van der Waals surface area contributed by atoms with E-state index in [9.17, 15) is 9.59 Å². The Hall–Kier alpha value is -1.87. The Morgan fingerprint density at radius 2 is 2.24 bits per heavy atom. The highest BCUT2D eigenvalue weighted by atomic mass is 32.1. The molecule has 132 valence electrons. The highest BCUT2D eigenvalue weighted by molar-refractivity contribution is 7.08.